The molecule has 0 saturated heterocycles. The summed E-state index contributed by atoms with van der Waals surface area (Å²) in [5.41, 5.74) is 0.574. The number of carbonyl (C=O) groups excluding carboxylic acids is 1. The summed E-state index contributed by atoms with van der Waals surface area (Å²) >= 11 is 0. The Morgan fingerprint density at radius 2 is 1.95 bits per heavy atom. The second-order valence-corrected chi connectivity index (χ2v) is 5.58. The van der Waals surface area contributed by atoms with Crippen molar-refractivity contribution in [2.24, 2.45) is 5.92 Å². The van der Waals surface area contributed by atoms with Crippen molar-refractivity contribution in [1.29, 1.82) is 0 Å². The third-order valence-corrected chi connectivity index (χ3v) is 3.08. The van der Waals surface area contributed by atoms with Gasteiger partial charge in [-0.05, 0) is 18.4 Å². The quantitative estimate of drug-likeness (QED) is 0.693. The molecule has 0 saturated carbocycles. The third kappa shape index (κ3) is 4.42. The van der Waals surface area contributed by atoms with Gasteiger partial charge in [0.15, 0.2) is 11.5 Å². The number of rotatable bonds is 6. The van der Waals surface area contributed by atoms with Crippen LogP contribution in [0.3, 0.4) is 0 Å². The van der Waals surface area contributed by atoms with Crippen LogP contribution in [-0.4, -0.2) is 41.2 Å². The summed E-state index contributed by atoms with van der Waals surface area (Å²) in [5.74, 6) is 0.108. The van der Waals surface area contributed by atoms with Crippen LogP contribution in [-0.2, 0) is 11.3 Å². The summed E-state index contributed by atoms with van der Waals surface area (Å²) in [6, 6.07) is 4.51. The van der Waals surface area contributed by atoms with Crippen LogP contribution in [0.4, 0.5) is 0 Å². The number of phenolic OH excluding ortho intramolecular Hbond substituents is 2. The summed E-state index contributed by atoms with van der Waals surface area (Å²) in [4.78, 5) is 13.7. The number of nitrogens with one attached hydrogen (secondary N) is 1. The van der Waals surface area contributed by atoms with Crippen molar-refractivity contribution in [3.8, 4) is 11.5 Å². The summed E-state index contributed by atoms with van der Waals surface area (Å²) in [7, 11) is 3.45. The Morgan fingerprint density at radius 3 is 2.50 bits per heavy atom. The van der Waals surface area contributed by atoms with Crippen LogP contribution in [0.15, 0.2) is 18.2 Å². The highest BCUT2D eigenvalue weighted by molar-refractivity contribution is 5.81. The van der Waals surface area contributed by atoms with Crippen molar-refractivity contribution in [2.45, 2.75) is 32.9 Å². The van der Waals surface area contributed by atoms with Crippen LogP contribution in [0.2, 0.25) is 0 Å². The summed E-state index contributed by atoms with van der Waals surface area (Å²) < 4.78 is 0. The van der Waals surface area contributed by atoms with Gasteiger partial charge in [-0.1, -0.05) is 26.0 Å². The molecule has 1 amide bonds. The SMILES string of the molecule is CC(C)CC(NCc1cccc(O)c1O)C(=O)N(C)C. The molecule has 1 unspecified atom stereocenters. The molecule has 1 aromatic rings. The average molecular weight is 280 g/mol. The molecule has 5 nitrogen and oxygen atoms in total. The molecule has 0 aliphatic carbocycles. The van der Waals surface area contributed by atoms with Gasteiger partial charge in [0.2, 0.25) is 5.91 Å². The summed E-state index contributed by atoms with van der Waals surface area (Å²) in [6.45, 7) is 4.45. The Labute approximate surface area is 120 Å². The maximum Gasteiger partial charge on any atom is 0.239 e. The Kier molecular flexibility index (Phi) is 5.82. The Hall–Kier alpha value is -1.75. The zero-order valence-corrected chi connectivity index (χ0v) is 12.6. The van der Waals surface area contributed by atoms with E-state index in [1.54, 1.807) is 31.1 Å². The van der Waals surface area contributed by atoms with Crippen molar-refractivity contribution in [2.75, 3.05) is 14.1 Å². The molecule has 0 fully saturated rings. The van der Waals surface area contributed by atoms with E-state index in [2.05, 4.69) is 19.2 Å². The van der Waals surface area contributed by atoms with Gasteiger partial charge in [0.1, 0.15) is 0 Å². The average Bonchev–Trinajstić information content (AvgIpc) is 2.37. The molecular weight excluding hydrogens is 256 g/mol. The van der Waals surface area contributed by atoms with Crippen LogP contribution in [0.25, 0.3) is 0 Å². The van der Waals surface area contributed by atoms with Crippen LogP contribution in [0.1, 0.15) is 25.8 Å². The molecule has 0 aliphatic heterocycles. The number of hydrogen-bond acceptors (Lipinski definition) is 4. The van der Waals surface area contributed by atoms with E-state index in [1.807, 2.05) is 0 Å². The minimum Gasteiger partial charge on any atom is -0.504 e. The van der Waals surface area contributed by atoms with Gasteiger partial charge in [-0.15, -0.1) is 0 Å². The van der Waals surface area contributed by atoms with E-state index in [0.29, 0.717) is 18.0 Å². The zero-order valence-electron chi connectivity index (χ0n) is 12.6. The molecule has 0 aliphatic rings. The molecule has 5 heteroatoms. The lowest BCUT2D eigenvalue weighted by atomic mass is 10.0. The van der Waals surface area contributed by atoms with Gasteiger partial charge < -0.3 is 20.4 Å². The third-order valence-electron chi connectivity index (χ3n) is 3.08. The first-order valence-corrected chi connectivity index (χ1v) is 6.77. The van der Waals surface area contributed by atoms with Gasteiger partial charge in [0, 0.05) is 26.2 Å². The van der Waals surface area contributed by atoms with Crippen LogP contribution in [0, 0.1) is 5.92 Å². The second-order valence-electron chi connectivity index (χ2n) is 5.58. The van der Waals surface area contributed by atoms with Gasteiger partial charge in [-0.2, -0.15) is 0 Å². The van der Waals surface area contributed by atoms with E-state index in [0.717, 1.165) is 6.42 Å². The van der Waals surface area contributed by atoms with E-state index in [1.165, 1.54) is 6.07 Å². The Balaban J connectivity index is 2.75. The first-order chi connectivity index (χ1) is 9.32. The summed E-state index contributed by atoms with van der Waals surface area (Å²) in [5, 5.41) is 22.4. The number of hydrogen-bond donors (Lipinski definition) is 3. The predicted molar refractivity (Wildman–Crippen MR) is 78.5 cm³/mol. The highest BCUT2D eigenvalue weighted by atomic mass is 16.3. The van der Waals surface area contributed by atoms with Crippen molar-refractivity contribution in [3.05, 3.63) is 23.8 Å². The molecule has 20 heavy (non-hydrogen) atoms. The lowest BCUT2D eigenvalue weighted by Gasteiger charge is -2.23. The van der Waals surface area contributed by atoms with E-state index in [9.17, 15) is 15.0 Å². The fraction of sp³-hybridized carbons (Fsp3) is 0.533. The zero-order chi connectivity index (χ0) is 15.3. The van der Waals surface area contributed by atoms with E-state index < -0.39 is 0 Å². The minimum absolute atomic E-state index is 0.0124. The standard InChI is InChI=1S/C15H24N2O3/c1-10(2)8-12(15(20)17(3)4)16-9-11-6-5-7-13(18)14(11)19/h5-7,10,12,16,18-19H,8-9H2,1-4H3. The lowest BCUT2D eigenvalue weighted by molar-refractivity contribution is -0.131. The van der Waals surface area contributed by atoms with Gasteiger partial charge in [0.05, 0.1) is 6.04 Å². The first-order valence-electron chi connectivity index (χ1n) is 6.77. The number of para-hydroxylation sites is 1. The number of amides is 1. The highest BCUT2D eigenvalue weighted by Crippen LogP contribution is 2.28. The largest absolute Gasteiger partial charge is 0.504 e. The molecule has 0 spiro atoms. The molecule has 0 aromatic heterocycles. The van der Waals surface area contributed by atoms with Crippen molar-refractivity contribution in [1.82, 2.24) is 10.2 Å². The fourth-order valence-electron chi connectivity index (χ4n) is 2.01. The molecule has 1 rings (SSSR count). The van der Waals surface area contributed by atoms with Crippen molar-refractivity contribution < 1.29 is 15.0 Å². The fourth-order valence-corrected chi connectivity index (χ4v) is 2.01. The predicted octanol–water partition coefficient (Wildman–Crippen LogP) is 1.69. The van der Waals surface area contributed by atoms with E-state index >= 15 is 0 Å². The summed E-state index contributed by atoms with van der Waals surface area (Å²) in [6.07, 6.45) is 0.719. The van der Waals surface area contributed by atoms with E-state index in [-0.39, 0.29) is 23.4 Å². The van der Waals surface area contributed by atoms with Gasteiger partial charge >= 0.3 is 0 Å². The molecular formula is C15H24N2O3. The molecule has 0 bridgehead atoms. The second kappa shape index (κ2) is 7.14. The molecule has 1 aromatic carbocycles. The topological polar surface area (TPSA) is 72.8 Å². The van der Waals surface area contributed by atoms with Crippen LogP contribution in [0.5, 0.6) is 11.5 Å². The normalized spacial score (nSPS) is 12.4. The molecule has 0 heterocycles. The van der Waals surface area contributed by atoms with Crippen molar-refractivity contribution >= 4 is 5.91 Å². The van der Waals surface area contributed by atoms with E-state index in [4.69, 9.17) is 0 Å². The first kappa shape index (κ1) is 16.3. The number of nitrogens with zero attached hydrogens (tertiary/aromatic N) is 1. The monoisotopic (exact) mass is 280 g/mol. The maximum absolute atomic E-state index is 12.1. The smallest absolute Gasteiger partial charge is 0.239 e. The van der Waals surface area contributed by atoms with Gasteiger partial charge in [0.25, 0.3) is 0 Å². The molecule has 112 valence electrons. The number of aromatic hydroxyl groups is 2. The Bertz CT molecular complexity index is 458. The molecule has 3 N–H and O–H groups in total. The van der Waals surface area contributed by atoms with Crippen LogP contribution < -0.4 is 5.32 Å². The molecule has 0 radical (unpaired) electrons. The number of benzene rings is 1. The number of carbonyl (C=O) groups is 1. The Morgan fingerprint density at radius 1 is 1.30 bits per heavy atom. The maximum atomic E-state index is 12.1. The highest BCUT2D eigenvalue weighted by Gasteiger charge is 2.21. The van der Waals surface area contributed by atoms with Crippen molar-refractivity contribution in [3.63, 3.8) is 0 Å². The minimum atomic E-state index is -0.299. The van der Waals surface area contributed by atoms with Crippen LogP contribution >= 0.6 is 0 Å². The number of likely N-dealkylation sites (N-methyl/N-ethyl adjacent to an activating group) is 1. The lowest BCUT2D eigenvalue weighted by Crippen LogP contribution is -2.44. The van der Waals surface area contributed by atoms with Gasteiger partial charge in [-0.25, -0.2) is 0 Å². The number of phenols is 2. The molecule has 1 atom stereocenters. The van der Waals surface area contributed by atoms with Gasteiger partial charge in [-0.3, -0.25) is 4.79 Å².